The summed E-state index contributed by atoms with van der Waals surface area (Å²) < 4.78 is 38.7. The molecule has 1 aliphatic heterocycles. The number of carbonyl (C=O) groups is 1. The van der Waals surface area contributed by atoms with E-state index in [1.807, 2.05) is 6.07 Å². The van der Waals surface area contributed by atoms with Gasteiger partial charge in [0.25, 0.3) is 5.91 Å². The Morgan fingerprint density at radius 1 is 1.28 bits per heavy atom. The Morgan fingerprint density at radius 3 is 2.66 bits per heavy atom. The summed E-state index contributed by atoms with van der Waals surface area (Å²) in [5, 5.41) is 15.4. The Kier molecular flexibility index (Phi) is 6.63. The molecule has 2 aromatic carbocycles. The molecule has 9 heteroatoms. The van der Waals surface area contributed by atoms with Gasteiger partial charge in [-0.05, 0) is 30.7 Å². The largest absolute Gasteiger partial charge is 0.383 e. The molecule has 0 saturated carbocycles. The van der Waals surface area contributed by atoms with Crippen LogP contribution in [-0.2, 0) is 19.1 Å². The molecule has 1 N–H and O–H groups in total. The number of hydrogen-bond donors (Lipinski definition) is 1. The van der Waals surface area contributed by atoms with Gasteiger partial charge in [-0.15, -0.1) is 0 Å². The van der Waals surface area contributed by atoms with Crippen molar-refractivity contribution < 1.29 is 28.2 Å². The highest BCUT2D eigenvalue weighted by molar-refractivity contribution is 8.15. The molecule has 0 radical (unpaired) electrons. The lowest BCUT2D eigenvalue weighted by atomic mass is 10.1. The van der Waals surface area contributed by atoms with Crippen molar-refractivity contribution in [2.24, 2.45) is 5.10 Å². The summed E-state index contributed by atoms with van der Waals surface area (Å²) in [6.45, 7) is 1.21. The van der Waals surface area contributed by atoms with Gasteiger partial charge < -0.3 is 14.6 Å². The van der Waals surface area contributed by atoms with Crippen LogP contribution in [0.3, 0.4) is 0 Å². The monoisotopic (exact) mass is 422 g/mol. The number of thioether (sulfide) groups is 1. The molecule has 0 bridgehead atoms. The van der Waals surface area contributed by atoms with Crippen LogP contribution < -0.4 is 0 Å². The van der Waals surface area contributed by atoms with E-state index >= 15 is 0 Å². The van der Waals surface area contributed by atoms with Crippen LogP contribution in [0, 0.1) is 11.6 Å². The first kappa shape index (κ1) is 21.4. The van der Waals surface area contributed by atoms with Crippen molar-refractivity contribution in [3.8, 4) is 0 Å². The third-order valence-corrected chi connectivity index (χ3v) is 5.61. The Balaban J connectivity index is 2.12. The lowest BCUT2D eigenvalue weighted by molar-refractivity contribution is -0.146. The smallest absolute Gasteiger partial charge is 0.272 e. The minimum absolute atomic E-state index is 0.0461. The SMILES string of the molecule is COCOCC1(c2ccccc2)SC(c2cc(F)ccc2F)=NN1C(=O)C(C)O. The first-order valence-electron chi connectivity index (χ1n) is 8.76. The molecule has 1 heterocycles. The number of hydrogen-bond acceptors (Lipinski definition) is 6. The Hall–Kier alpha value is -2.33. The van der Waals surface area contributed by atoms with Gasteiger partial charge in [-0.25, -0.2) is 13.8 Å². The van der Waals surface area contributed by atoms with E-state index in [1.165, 1.54) is 14.0 Å². The van der Waals surface area contributed by atoms with E-state index in [-0.39, 0.29) is 24.0 Å². The summed E-state index contributed by atoms with van der Waals surface area (Å²) in [7, 11) is 1.46. The number of hydrazone groups is 1. The number of aliphatic hydroxyl groups is 1. The summed E-state index contributed by atoms with van der Waals surface area (Å²) >= 11 is 1.05. The van der Waals surface area contributed by atoms with Crippen molar-refractivity contribution in [1.82, 2.24) is 5.01 Å². The van der Waals surface area contributed by atoms with Crippen LogP contribution in [0.2, 0.25) is 0 Å². The van der Waals surface area contributed by atoms with Crippen LogP contribution in [0.1, 0.15) is 18.1 Å². The highest BCUT2D eigenvalue weighted by Gasteiger charge is 2.50. The van der Waals surface area contributed by atoms with Crippen LogP contribution in [-0.4, -0.2) is 47.7 Å². The molecule has 2 aromatic rings. The van der Waals surface area contributed by atoms with Gasteiger partial charge >= 0.3 is 0 Å². The lowest BCUT2D eigenvalue weighted by Crippen LogP contribution is -2.48. The van der Waals surface area contributed by atoms with E-state index in [4.69, 9.17) is 9.47 Å². The number of halogens is 2. The van der Waals surface area contributed by atoms with E-state index in [0.29, 0.717) is 5.56 Å². The number of methoxy groups -OCH3 is 1. The fourth-order valence-electron chi connectivity index (χ4n) is 2.89. The zero-order chi connectivity index (χ0) is 21.0. The molecular weight excluding hydrogens is 402 g/mol. The van der Waals surface area contributed by atoms with Crippen molar-refractivity contribution >= 4 is 22.7 Å². The van der Waals surface area contributed by atoms with Gasteiger partial charge in [-0.2, -0.15) is 5.10 Å². The zero-order valence-corrected chi connectivity index (χ0v) is 16.7. The average molecular weight is 422 g/mol. The van der Waals surface area contributed by atoms with Crippen molar-refractivity contribution in [2.75, 3.05) is 20.5 Å². The van der Waals surface area contributed by atoms with Crippen molar-refractivity contribution in [3.63, 3.8) is 0 Å². The normalized spacial score (nSPS) is 19.9. The molecule has 3 rings (SSSR count). The van der Waals surface area contributed by atoms with Gasteiger partial charge in [0.15, 0.2) is 4.87 Å². The van der Waals surface area contributed by atoms with Crippen LogP contribution >= 0.6 is 11.8 Å². The molecule has 1 amide bonds. The maximum absolute atomic E-state index is 14.4. The summed E-state index contributed by atoms with van der Waals surface area (Å²) in [6.07, 6.45) is -1.36. The van der Waals surface area contributed by atoms with Gasteiger partial charge in [0.05, 0.1) is 6.61 Å². The van der Waals surface area contributed by atoms with Crippen LogP contribution in [0.15, 0.2) is 53.6 Å². The number of ether oxygens (including phenoxy) is 2. The van der Waals surface area contributed by atoms with Crippen LogP contribution in [0.25, 0.3) is 0 Å². The van der Waals surface area contributed by atoms with E-state index in [1.54, 1.807) is 24.3 Å². The molecule has 154 valence electrons. The first-order valence-corrected chi connectivity index (χ1v) is 9.58. The summed E-state index contributed by atoms with van der Waals surface area (Å²) in [6, 6.07) is 11.9. The molecule has 1 aliphatic rings. The molecule has 6 nitrogen and oxygen atoms in total. The van der Waals surface area contributed by atoms with Crippen molar-refractivity contribution in [2.45, 2.75) is 17.9 Å². The van der Waals surface area contributed by atoms with Crippen LogP contribution in [0.5, 0.6) is 0 Å². The molecule has 0 aliphatic carbocycles. The van der Waals surface area contributed by atoms with Gasteiger partial charge in [-0.1, -0.05) is 42.1 Å². The lowest BCUT2D eigenvalue weighted by Gasteiger charge is -2.35. The third-order valence-electron chi connectivity index (χ3n) is 4.25. The molecule has 0 spiro atoms. The zero-order valence-electron chi connectivity index (χ0n) is 15.8. The predicted octanol–water partition coefficient (Wildman–Crippen LogP) is 3.06. The third kappa shape index (κ3) is 4.32. The second-order valence-corrected chi connectivity index (χ2v) is 7.63. The van der Waals surface area contributed by atoms with Gasteiger partial charge in [0.1, 0.15) is 29.6 Å². The quantitative estimate of drug-likeness (QED) is 0.549. The van der Waals surface area contributed by atoms with E-state index in [2.05, 4.69) is 5.10 Å². The topological polar surface area (TPSA) is 71.4 Å². The van der Waals surface area contributed by atoms with Crippen molar-refractivity contribution in [1.29, 1.82) is 0 Å². The van der Waals surface area contributed by atoms with E-state index in [9.17, 15) is 18.7 Å². The Bertz CT molecular complexity index is 911. The van der Waals surface area contributed by atoms with E-state index < -0.39 is 28.5 Å². The minimum atomic E-state index is -1.36. The Morgan fingerprint density at radius 2 is 2.00 bits per heavy atom. The molecule has 0 saturated heterocycles. The fraction of sp³-hybridized carbons (Fsp3) is 0.300. The maximum atomic E-state index is 14.4. The van der Waals surface area contributed by atoms with Gasteiger partial charge in [0, 0.05) is 12.7 Å². The number of benzene rings is 2. The average Bonchev–Trinajstić information content (AvgIpc) is 3.10. The van der Waals surface area contributed by atoms with Gasteiger partial charge in [0.2, 0.25) is 0 Å². The van der Waals surface area contributed by atoms with Crippen LogP contribution in [0.4, 0.5) is 8.78 Å². The second-order valence-electron chi connectivity index (χ2n) is 6.36. The molecule has 29 heavy (non-hydrogen) atoms. The minimum Gasteiger partial charge on any atom is -0.383 e. The Labute approximate surface area is 171 Å². The molecule has 0 aromatic heterocycles. The maximum Gasteiger partial charge on any atom is 0.272 e. The van der Waals surface area contributed by atoms with Gasteiger partial charge in [-0.3, -0.25) is 4.79 Å². The first-order chi connectivity index (χ1) is 13.9. The second kappa shape index (κ2) is 9.00. The summed E-state index contributed by atoms with van der Waals surface area (Å²) in [5.41, 5.74) is 0.564. The number of rotatable bonds is 7. The highest BCUT2D eigenvalue weighted by atomic mass is 32.2. The summed E-state index contributed by atoms with van der Waals surface area (Å²) in [4.78, 5) is 11.6. The number of carbonyl (C=O) groups excluding carboxylic acids is 1. The molecular formula is C20H20F2N2O4S. The van der Waals surface area contributed by atoms with E-state index in [0.717, 1.165) is 35.0 Å². The van der Waals surface area contributed by atoms with Crippen molar-refractivity contribution in [3.05, 3.63) is 71.3 Å². The molecule has 0 fully saturated rings. The predicted molar refractivity (Wildman–Crippen MR) is 105 cm³/mol. The number of amides is 1. The summed E-state index contributed by atoms with van der Waals surface area (Å²) in [5.74, 6) is -2.01. The fourth-order valence-corrected chi connectivity index (χ4v) is 4.21. The molecule has 2 unspecified atom stereocenters. The number of aliphatic hydroxyl groups excluding tert-OH is 1. The number of nitrogens with zero attached hydrogens (tertiary/aromatic N) is 2. The molecule has 2 atom stereocenters. The highest BCUT2D eigenvalue weighted by Crippen LogP contribution is 2.48. The standard InChI is InChI=1S/C20H20F2N2O4S/c1-13(25)19(26)24-20(11-28-12-27-2,14-6-4-3-5-7-14)29-18(23-24)16-10-15(21)8-9-17(16)22/h3-10,13,25H,11-12H2,1-2H3.